The number of carbonyl (C=O) groups excluding carboxylic acids is 1. The number of nitrogens with zero attached hydrogens (tertiary/aromatic N) is 1. The molecule has 1 aromatic rings. The SMILES string of the molecule is C=CCNC(=O)N(CCO)Cc1ccccc1. The molecule has 0 fully saturated rings. The normalized spacial score (nSPS) is 9.71. The maximum Gasteiger partial charge on any atom is 0.318 e. The molecule has 4 nitrogen and oxygen atoms in total. The minimum atomic E-state index is -0.192. The van der Waals surface area contributed by atoms with Gasteiger partial charge in [-0.1, -0.05) is 36.4 Å². The van der Waals surface area contributed by atoms with Gasteiger partial charge in [0.2, 0.25) is 0 Å². The Morgan fingerprint density at radius 2 is 2.12 bits per heavy atom. The molecule has 1 rings (SSSR count). The topological polar surface area (TPSA) is 52.6 Å². The molecule has 1 aromatic carbocycles. The third-order valence-corrected chi connectivity index (χ3v) is 2.27. The predicted molar refractivity (Wildman–Crippen MR) is 67.5 cm³/mol. The summed E-state index contributed by atoms with van der Waals surface area (Å²) in [5.41, 5.74) is 1.04. The summed E-state index contributed by atoms with van der Waals surface area (Å²) in [6, 6.07) is 9.48. The summed E-state index contributed by atoms with van der Waals surface area (Å²) in [4.78, 5) is 13.3. The quantitative estimate of drug-likeness (QED) is 0.731. The van der Waals surface area contributed by atoms with Gasteiger partial charge in [0.05, 0.1) is 6.61 Å². The zero-order valence-corrected chi connectivity index (χ0v) is 9.80. The highest BCUT2D eigenvalue weighted by Gasteiger charge is 2.11. The number of nitrogens with one attached hydrogen (secondary N) is 1. The van der Waals surface area contributed by atoms with Crippen molar-refractivity contribution in [3.8, 4) is 0 Å². The van der Waals surface area contributed by atoms with Gasteiger partial charge in [-0.15, -0.1) is 6.58 Å². The molecule has 0 aliphatic heterocycles. The predicted octanol–water partition coefficient (Wildman–Crippen LogP) is 1.38. The van der Waals surface area contributed by atoms with E-state index in [0.29, 0.717) is 19.6 Å². The Kier molecular flexibility index (Phi) is 5.82. The number of hydrogen-bond donors (Lipinski definition) is 2. The van der Waals surface area contributed by atoms with E-state index in [0.717, 1.165) is 5.56 Å². The number of hydrogen-bond acceptors (Lipinski definition) is 2. The fourth-order valence-corrected chi connectivity index (χ4v) is 1.45. The first-order chi connectivity index (χ1) is 8.27. The standard InChI is InChI=1S/C13H18N2O2/c1-2-8-14-13(17)15(9-10-16)11-12-6-4-3-5-7-12/h2-7,16H,1,8-11H2,(H,14,17). The van der Waals surface area contributed by atoms with Gasteiger partial charge in [-0.2, -0.15) is 0 Å². The molecule has 92 valence electrons. The Balaban J connectivity index is 2.59. The van der Waals surface area contributed by atoms with E-state index in [1.807, 2.05) is 30.3 Å². The number of aliphatic hydroxyl groups excluding tert-OH is 1. The molecular weight excluding hydrogens is 216 g/mol. The lowest BCUT2D eigenvalue weighted by Crippen LogP contribution is -2.41. The maximum absolute atomic E-state index is 11.8. The molecule has 0 saturated heterocycles. The van der Waals surface area contributed by atoms with Crippen LogP contribution in [0.4, 0.5) is 4.79 Å². The highest BCUT2D eigenvalue weighted by atomic mass is 16.3. The number of benzene rings is 1. The summed E-state index contributed by atoms with van der Waals surface area (Å²) in [6.45, 7) is 4.73. The summed E-state index contributed by atoms with van der Waals surface area (Å²) in [7, 11) is 0. The molecule has 4 heteroatoms. The van der Waals surface area contributed by atoms with Gasteiger partial charge < -0.3 is 15.3 Å². The first-order valence-corrected chi connectivity index (χ1v) is 5.56. The van der Waals surface area contributed by atoms with Crippen molar-refractivity contribution >= 4 is 6.03 Å². The summed E-state index contributed by atoms with van der Waals surface area (Å²) < 4.78 is 0. The van der Waals surface area contributed by atoms with E-state index >= 15 is 0 Å². The molecule has 2 N–H and O–H groups in total. The molecule has 0 saturated carbocycles. The summed E-state index contributed by atoms with van der Waals surface area (Å²) in [5.74, 6) is 0. The fraction of sp³-hybridized carbons (Fsp3) is 0.308. The van der Waals surface area contributed by atoms with Crippen LogP contribution in [0.25, 0.3) is 0 Å². The van der Waals surface area contributed by atoms with Crippen molar-refractivity contribution in [2.45, 2.75) is 6.54 Å². The Morgan fingerprint density at radius 1 is 1.41 bits per heavy atom. The minimum absolute atomic E-state index is 0.0473. The Labute approximate surface area is 102 Å². The lowest BCUT2D eigenvalue weighted by Gasteiger charge is -2.21. The number of urea groups is 1. The monoisotopic (exact) mass is 234 g/mol. The average Bonchev–Trinajstić information content (AvgIpc) is 2.36. The average molecular weight is 234 g/mol. The Hall–Kier alpha value is -1.81. The van der Waals surface area contributed by atoms with Crippen LogP contribution in [0.2, 0.25) is 0 Å². The molecule has 0 aliphatic rings. The van der Waals surface area contributed by atoms with Crippen molar-refractivity contribution in [2.75, 3.05) is 19.7 Å². The van der Waals surface area contributed by atoms with Gasteiger partial charge in [-0.05, 0) is 5.56 Å². The van der Waals surface area contributed by atoms with Crippen molar-refractivity contribution in [3.05, 3.63) is 48.6 Å². The molecule has 2 amide bonds. The van der Waals surface area contributed by atoms with Gasteiger partial charge in [0, 0.05) is 19.6 Å². The van der Waals surface area contributed by atoms with Crippen molar-refractivity contribution in [2.24, 2.45) is 0 Å². The number of carbonyl (C=O) groups is 1. The zero-order chi connectivity index (χ0) is 12.5. The van der Waals surface area contributed by atoms with Gasteiger partial charge >= 0.3 is 6.03 Å². The van der Waals surface area contributed by atoms with E-state index in [1.54, 1.807) is 11.0 Å². The molecule has 0 aromatic heterocycles. The van der Waals surface area contributed by atoms with Crippen molar-refractivity contribution in [1.29, 1.82) is 0 Å². The lowest BCUT2D eigenvalue weighted by atomic mass is 10.2. The zero-order valence-electron chi connectivity index (χ0n) is 9.80. The minimum Gasteiger partial charge on any atom is -0.395 e. The molecule has 0 radical (unpaired) electrons. The molecule has 0 unspecified atom stereocenters. The molecule has 17 heavy (non-hydrogen) atoms. The summed E-state index contributed by atoms with van der Waals surface area (Å²) in [5, 5.41) is 11.6. The lowest BCUT2D eigenvalue weighted by molar-refractivity contribution is 0.175. The van der Waals surface area contributed by atoms with Crippen LogP contribution in [0.3, 0.4) is 0 Å². The number of amides is 2. The van der Waals surface area contributed by atoms with Crippen LogP contribution in [0.15, 0.2) is 43.0 Å². The maximum atomic E-state index is 11.8. The van der Waals surface area contributed by atoms with Crippen LogP contribution >= 0.6 is 0 Å². The third-order valence-electron chi connectivity index (χ3n) is 2.27. The Morgan fingerprint density at radius 3 is 2.71 bits per heavy atom. The van der Waals surface area contributed by atoms with Crippen molar-refractivity contribution < 1.29 is 9.90 Å². The number of aliphatic hydroxyl groups is 1. The highest BCUT2D eigenvalue weighted by molar-refractivity contribution is 5.74. The van der Waals surface area contributed by atoms with Crippen LogP contribution in [-0.4, -0.2) is 35.7 Å². The highest BCUT2D eigenvalue weighted by Crippen LogP contribution is 2.04. The molecule has 0 spiro atoms. The van der Waals surface area contributed by atoms with Crippen molar-refractivity contribution in [3.63, 3.8) is 0 Å². The molecule has 0 heterocycles. The van der Waals surface area contributed by atoms with E-state index < -0.39 is 0 Å². The van der Waals surface area contributed by atoms with Gasteiger partial charge in [-0.25, -0.2) is 4.79 Å². The second-order valence-electron chi connectivity index (χ2n) is 3.61. The first-order valence-electron chi connectivity index (χ1n) is 5.56. The van der Waals surface area contributed by atoms with Gasteiger partial charge in [0.15, 0.2) is 0 Å². The first kappa shape index (κ1) is 13.3. The molecular formula is C13H18N2O2. The van der Waals surface area contributed by atoms with Gasteiger partial charge in [-0.3, -0.25) is 0 Å². The van der Waals surface area contributed by atoms with Gasteiger partial charge in [0.1, 0.15) is 0 Å². The second kappa shape index (κ2) is 7.46. The van der Waals surface area contributed by atoms with E-state index in [9.17, 15) is 4.79 Å². The smallest absolute Gasteiger partial charge is 0.318 e. The second-order valence-corrected chi connectivity index (χ2v) is 3.61. The van der Waals surface area contributed by atoms with E-state index in [1.165, 1.54) is 0 Å². The molecule has 0 bridgehead atoms. The van der Waals surface area contributed by atoms with Crippen LogP contribution < -0.4 is 5.32 Å². The summed E-state index contributed by atoms with van der Waals surface area (Å²) >= 11 is 0. The molecule has 0 aliphatic carbocycles. The largest absolute Gasteiger partial charge is 0.395 e. The third kappa shape index (κ3) is 4.70. The van der Waals surface area contributed by atoms with Crippen LogP contribution in [0.5, 0.6) is 0 Å². The Bertz CT molecular complexity index is 352. The summed E-state index contributed by atoms with van der Waals surface area (Å²) in [6.07, 6.45) is 1.62. The van der Waals surface area contributed by atoms with E-state index in [-0.39, 0.29) is 12.6 Å². The van der Waals surface area contributed by atoms with Crippen molar-refractivity contribution in [1.82, 2.24) is 10.2 Å². The van der Waals surface area contributed by atoms with Crippen LogP contribution in [0.1, 0.15) is 5.56 Å². The van der Waals surface area contributed by atoms with E-state index in [2.05, 4.69) is 11.9 Å². The van der Waals surface area contributed by atoms with Gasteiger partial charge in [0.25, 0.3) is 0 Å². The van der Waals surface area contributed by atoms with Crippen LogP contribution in [-0.2, 0) is 6.54 Å². The number of rotatable bonds is 6. The van der Waals surface area contributed by atoms with E-state index in [4.69, 9.17) is 5.11 Å². The van der Waals surface area contributed by atoms with Crippen LogP contribution in [0, 0.1) is 0 Å². The molecule has 0 atom stereocenters. The fourth-order valence-electron chi connectivity index (χ4n) is 1.45.